The number of sulfonamides is 1. The van der Waals surface area contributed by atoms with Crippen molar-refractivity contribution in [2.45, 2.75) is 17.9 Å². The molecule has 3 N–H and O–H groups in total. The third-order valence-corrected chi connectivity index (χ3v) is 4.22. The largest absolute Gasteiger partial charge is 0.325 e. The second-order valence-corrected chi connectivity index (χ2v) is 5.35. The molecule has 78 valence electrons. The lowest BCUT2D eigenvalue weighted by Gasteiger charge is -2.35. The average molecular weight is 216 g/mol. The van der Waals surface area contributed by atoms with Crippen molar-refractivity contribution >= 4 is 10.0 Å². The van der Waals surface area contributed by atoms with E-state index < -0.39 is 10.0 Å². The third-order valence-electron chi connectivity index (χ3n) is 2.28. The average Bonchev–Trinajstić information content (AvgIpc) is 2.46. The lowest BCUT2D eigenvalue weighted by Crippen LogP contribution is -2.57. The minimum atomic E-state index is -3.36. The Bertz CT molecular complexity index is 432. The van der Waals surface area contributed by atoms with Crippen LogP contribution < -0.4 is 5.73 Å². The Morgan fingerprint density at radius 2 is 2.29 bits per heavy atom. The summed E-state index contributed by atoms with van der Waals surface area (Å²) in [5, 5.41) is 6.29. The summed E-state index contributed by atoms with van der Waals surface area (Å²) in [5.41, 5.74) is 6.09. The number of hydrogen-bond donors (Lipinski definition) is 2. The van der Waals surface area contributed by atoms with Crippen molar-refractivity contribution in [3.05, 3.63) is 11.9 Å². The molecular formula is C7H12N4O2S. The van der Waals surface area contributed by atoms with Gasteiger partial charge >= 0.3 is 0 Å². The monoisotopic (exact) mass is 216 g/mol. The SMILES string of the molecule is Cc1[nH]ncc1S(=O)(=O)N1CC(N)C1. The van der Waals surface area contributed by atoms with E-state index >= 15 is 0 Å². The van der Waals surface area contributed by atoms with Crippen molar-refractivity contribution in [2.75, 3.05) is 13.1 Å². The van der Waals surface area contributed by atoms with Crippen LogP contribution in [0.3, 0.4) is 0 Å². The van der Waals surface area contributed by atoms with E-state index in [9.17, 15) is 8.42 Å². The molecule has 1 aliphatic rings. The maximum Gasteiger partial charge on any atom is 0.246 e. The molecule has 7 heteroatoms. The van der Waals surface area contributed by atoms with Crippen molar-refractivity contribution < 1.29 is 8.42 Å². The summed E-state index contributed by atoms with van der Waals surface area (Å²) < 4.78 is 25.1. The van der Waals surface area contributed by atoms with Gasteiger partial charge in [-0.3, -0.25) is 5.10 Å². The summed E-state index contributed by atoms with van der Waals surface area (Å²) in [5.74, 6) is 0. The molecule has 0 amide bonds. The zero-order valence-electron chi connectivity index (χ0n) is 7.77. The maximum atomic E-state index is 11.9. The Kier molecular flexibility index (Phi) is 2.09. The number of H-pyrrole nitrogens is 1. The number of nitrogens with zero attached hydrogens (tertiary/aromatic N) is 2. The Hall–Kier alpha value is -0.920. The molecule has 1 aliphatic heterocycles. The molecule has 0 unspecified atom stereocenters. The Morgan fingerprint density at radius 1 is 1.64 bits per heavy atom. The first kappa shape index (κ1) is 9.63. The second-order valence-electron chi connectivity index (χ2n) is 3.44. The molecule has 0 spiro atoms. The van der Waals surface area contributed by atoms with Gasteiger partial charge in [-0.25, -0.2) is 8.42 Å². The van der Waals surface area contributed by atoms with Gasteiger partial charge in [0.2, 0.25) is 10.0 Å². The molecule has 0 aromatic carbocycles. The fraction of sp³-hybridized carbons (Fsp3) is 0.571. The number of hydrogen-bond acceptors (Lipinski definition) is 4. The van der Waals surface area contributed by atoms with E-state index in [4.69, 9.17) is 5.73 Å². The minimum absolute atomic E-state index is 0.0306. The van der Waals surface area contributed by atoms with E-state index in [1.54, 1.807) is 6.92 Å². The number of aromatic amines is 1. The number of aromatic nitrogens is 2. The number of nitrogens with one attached hydrogen (secondary N) is 1. The molecule has 0 aliphatic carbocycles. The van der Waals surface area contributed by atoms with Crippen molar-refractivity contribution in [2.24, 2.45) is 5.73 Å². The first-order chi connectivity index (χ1) is 6.51. The van der Waals surface area contributed by atoms with Gasteiger partial charge in [-0.05, 0) is 6.92 Å². The summed E-state index contributed by atoms with van der Waals surface area (Å²) in [7, 11) is -3.36. The van der Waals surface area contributed by atoms with Crippen LogP contribution in [0.4, 0.5) is 0 Å². The molecule has 6 nitrogen and oxygen atoms in total. The van der Waals surface area contributed by atoms with Crippen LogP contribution >= 0.6 is 0 Å². The standard InChI is InChI=1S/C7H12N4O2S/c1-5-7(2-9-10-5)14(12,13)11-3-6(8)4-11/h2,6H,3-4,8H2,1H3,(H,9,10). The van der Waals surface area contributed by atoms with Gasteiger partial charge in [-0.15, -0.1) is 0 Å². The Morgan fingerprint density at radius 3 is 2.71 bits per heavy atom. The van der Waals surface area contributed by atoms with Crippen molar-refractivity contribution in [3.8, 4) is 0 Å². The molecule has 2 heterocycles. The second kappa shape index (κ2) is 3.04. The van der Waals surface area contributed by atoms with Gasteiger partial charge < -0.3 is 5.73 Å². The zero-order valence-corrected chi connectivity index (χ0v) is 8.58. The third kappa shape index (κ3) is 1.33. The van der Waals surface area contributed by atoms with E-state index in [1.165, 1.54) is 10.5 Å². The van der Waals surface area contributed by atoms with E-state index in [1.807, 2.05) is 0 Å². The molecule has 0 bridgehead atoms. The van der Waals surface area contributed by atoms with Gasteiger partial charge in [0.1, 0.15) is 4.90 Å². The fourth-order valence-electron chi connectivity index (χ4n) is 1.40. The van der Waals surface area contributed by atoms with E-state index in [2.05, 4.69) is 10.2 Å². The molecular weight excluding hydrogens is 204 g/mol. The molecule has 1 fully saturated rings. The number of aryl methyl sites for hydroxylation is 1. The quantitative estimate of drug-likeness (QED) is 0.666. The maximum absolute atomic E-state index is 11.9. The van der Waals surface area contributed by atoms with Crippen molar-refractivity contribution in [1.82, 2.24) is 14.5 Å². The normalized spacial score (nSPS) is 19.6. The summed E-state index contributed by atoms with van der Waals surface area (Å²) in [4.78, 5) is 0.240. The zero-order chi connectivity index (χ0) is 10.3. The van der Waals surface area contributed by atoms with Crippen LogP contribution in [0.1, 0.15) is 5.69 Å². The molecule has 1 aromatic heterocycles. The van der Waals surface area contributed by atoms with Crippen LogP contribution in [0.25, 0.3) is 0 Å². The lowest BCUT2D eigenvalue weighted by molar-refractivity contribution is 0.265. The summed E-state index contributed by atoms with van der Waals surface area (Å²) >= 11 is 0. The van der Waals surface area contributed by atoms with Crippen LogP contribution in [0.15, 0.2) is 11.1 Å². The minimum Gasteiger partial charge on any atom is -0.325 e. The van der Waals surface area contributed by atoms with Crippen LogP contribution in [0, 0.1) is 6.92 Å². The molecule has 1 saturated heterocycles. The number of nitrogens with two attached hydrogens (primary N) is 1. The van der Waals surface area contributed by atoms with Crippen LogP contribution in [-0.4, -0.2) is 42.1 Å². The molecule has 1 aromatic rings. The molecule has 0 radical (unpaired) electrons. The highest BCUT2D eigenvalue weighted by Gasteiger charge is 2.35. The highest BCUT2D eigenvalue weighted by atomic mass is 32.2. The summed E-state index contributed by atoms with van der Waals surface area (Å²) in [6.45, 7) is 2.47. The smallest absolute Gasteiger partial charge is 0.246 e. The molecule has 2 rings (SSSR count). The Balaban J connectivity index is 2.30. The van der Waals surface area contributed by atoms with Gasteiger partial charge in [0.05, 0.1) is 11.9 Å². The van der Waals surface area contributed by atoms with E-state index in [0.29, 0.717) is 18.8 Å². The van der Waals surface area contributed by atoms with E-state index in [0.717, 1.165) is 0 Å². The Labute approximate surface area is 82.1 Å². The first-order valence-corrected chi connectivity index (χ1v) is 5.71. The number of rotatable bonds is 2. The molecule has 0 saturated carbocycles. The van der Waals surface area contributed by atoms with Gasteiger partial charge in [0.25, 0.3) is 0 Å². The summed E-state index contributed by atoms with van der Waals surface area (Å²) in [6, 6.07) is -0.0306. The van der Waals surface area contributed by atoms with Crippen LogP contribution in [-0.2, 0) is 10.0 Å². The lowest BCUT2D eigenvalue weighted by atomic mass is 10.2. The molecule has 14 heavy (non-hydrogen) atoms. The van der Waals surface area contributed by atoms with E-state index in [-0.39, 0.29) is 10.9 Å². The summed E-state index contributed by atoms with van der Waals surface area (Å²) in [6.07, 6.45) is 1.33. The van der Waals surface area contributed by atoms with Gasteiger partial charge in [0.15, 0.2) is 0 Å². The predicted molar refractivity (Wildman–Crippen MR) is 50.1 cm³/mol. The van der Waals surface area contributed by atoms with Gasteiger partial charge in [-0.1, -0.05) is 0 Å². The van der Waals surface area contributed by atoms with Crippen LogP contribution in [0.5, 0.6) is 0 Å². The highest BCUT2D eigenvalue weighted by molar-refractivity contribution is 7.89. The fourth-order valence-corrected chi connectivity index (χ4v) is 3.08. The van der Waals surface area contributed by atoms with Crippen molar-refractivity contribution in [1.29, 1.82) is 0 Å². The van der Waals surface area contributed by atoms with Gasteiger partial charge in [-0.2, -0.15) is 9.40 Å². The van der Waals surface area contributed by atoms with Crippen LogP contribution in [0.2, 0.25) is 0 Å². The topological polar surface area (TPSA) is 92.1 Å². The highest BCUT2D eigenvalue weighted by Crippen LogP contribution is 2.21. The van der Waals surface area contributed by atoms with Crippen molar-refractivity contribution in [3.63, 3.8) is 0 Å². The van der Waals surface area contributed by atoms with Gasteiger partial charge in [0, 0.05) is 19.1 Å². The predicted octanol–water partition coefficient (Wildman–Crippen LogP) is -0.950. The first-order valence-electron chi connectivity index (χ1n) is 4.27. The molecule has 0 atom stereocenters.